The summed E-state index contributed by atoms with van der Waals surface area (Å²) in [6.45, 7) is 1.84. The molecule has 0 spiro atoms. The molecule has 0 radical (unpaired) electrons. The zero-order valence-corrected chi connectivity index (χ0v) is 11.0. The molecule has 1 unspecified atom stereocenters. The zero-order chi connectivity index (χ0) is 11.8. The first-order chi connectivity index (χ1) is 8.22. The van der Waals surface area contributed by atoms with Crippen molar-refractivity contribution >= 4 is 27.5 Å². The molecule has 0 amide bonds. The fourth-order valence-corrected chi connectivity index (χ4v) is 2.50. The molecule has 6 heteroatoms. The van der Waals surface area contributed by atoms with Gasteiger partial charge in [-0.1, -0.05) is 0 Å². The molecular formula is C11H14BrN5. The maximum absolute atomic E-state index is 5.97. The minimum absolute atomic E-state index is 0.238. The second-order valence-corrected chi connectivity index (χ2v) is 5.33. The fraction of sp³-hybridized carbons (Fsp3) is 0.455. The van der Waals surface area contributed by atoms with Crippen LogP contribution in [0.4, 0.5) is 5.95 Å². The highest BCUT2D eigenvalue weighted by atomic mass is 79.9. The minimum atomic E-state index is 0.238. The van der Waals surface area contributed by atoms with Crippen LogP contribution in [0.3, 0.4) is 0 Å². The Hall–Kier alpha value is -1.14. The molecule has 1 saturated heterocycles. The molecular weight excluding hydrogens is 282 g/mol. The van der Waals surface area contributed by atoms with Crippen LogP contribution < -0.4 is 10.6 Å². The number of hydrogen-bond donors (Lipinski definition) is 1. The van der Waals surface area contributed by atoms with Gasteiger partial charge in [-0.3, -0.25) is 0 Å². The quantitative estimate of drug-likeness (QED) is 0.864. The Morgan fingerprint density at radius 3 is 3.12 bits per heavy atom. The Morgan fingerprint density at radius 2 is 2.29 bits per heavy atom. The van der Waals surface area contributed by atoms with Gasteiger partial charge >= 0.3 is 0 Å². The van der Waals surface area contributed by atoms with Crippen molar-refractivity contribution in [1.82, 2.24) is 14.6 Å². The first-order valence-corrected chi connectivity index (χ1v) is 6.54. The van der Waals surface area contributed by atoms with Gasteiger partial charge in [0.15, 0.2) is 5.65 Å². The highest BCUT2D eigenvalue weighted by molar-refractivity contribution is 9.10. The molecule has 2 N–H and O–H groups in total. The van der Waals surface area contributed by atoms with Crippen LogP contribution in [0.5, 0.6) is 0 Å². The lowest BCUT2D eigenvalue weighted by molar-refractivity contribution is 0.500. The molecule has 0 aromatic carbocycles. The summed E-state index contributed by atoms with van der Waals surface area (Å²) in [5.41, 5.74) is 6.83. The number of aromatic nitrogens is 3. The summed E-state index contributed by atoms with van der Waals surface area (Å²) in [5.74, 6) is 0.776. The lowest BCUT2D eigenvalue weighted by Gasteiger charge is -2.29. The van der Waals surface area contributed by atoms with Crippen molar-refractivity contribution in [2.75, 3.05) is 18.0 Å². The first-order valence-electron chi connectivity index (χ1n) is 5.75. The Morgan fingerprint density at radius 1 is 1.41 bits per heavy atom. The zero-order valence-electron chi connectivity index (χ0n) is 9.38. The topological polar surface area (TPSA) is 59.5 Å². The normalized spacial score (nSPS) is 21.1. The van der Waals surface area contributed by atoms with Crippen LogP contribution in [0.1, 0.15) is 12.8 Å². The largest absolute Gasteiger partial charge is 0.338 e. The minimum Gasteiger partial charge on any atom is -0.338 e. The summed E-state index contributed by atoms with van der Waals surface area (Å²) in [5, 5.41) is 4.48. The van der Waals surface area contributed by atoms with Gasteiger partial charge in [0.1, 0.15) is 0 Å². The average Bonchev–Trinajstić information content (AvgIpc) is 2.72. The van der Waals surface area contributed by atoms with Crippen LogP contribution in [0, 0.1) is 0 Å². The third-order valence-corrected chi connectivity index (χ3v) is 3.49. The predicted molar refractivity (Wildman–Crippen MR) is 70.1 cm³/mol. The van der Waals surface area contributed by atoms with Crippen LogP contribution in [0.15, 0.2) is 22.8 Å². The highest BCUT2D eigenvalue weighted by Gasteiger charge is 2.20. The van der Waals surface area contributed by atoms with Crippen molar-refractivity contribution in [3.8, 4) is 0 Å². The molecule has 0 saturated carbocycles. The van der Waals surface area contributed by atoms with Crippen LogP contribution >= 0.6 is 15.9 Å². The van der Waals surface area contributed by atoms with Crippen LogP contribution in [0.2, 0.25) is 0 Å². The monoisotopic (exact) mass is 295 g/mol. The molecule has 1 aliphatic heterocycles. The number of fused-ring (bicyclic) bond motifs is 1. The van der Waals surface area contributed by atoms with E-state index in [0.717, 1.165) is 42.0 Å². The lowest BCUT2D eigenvalue weighted by atomic mass is 10.1. The van der Waals surface area contributed by atoms with Gasteiger partial charge in [0, 0.05) is 29.8 Å². The number of anilines is 1. The van der Waals surface area contributed by atoms with Crippen molar-refractivity contribution in [2.24, 2.45) is 5.73 Å². The maximum atomic E-state index is 5.97. The SMILES string of the molecule is NC1CCCN(c2nc3ccc(Br)cn3n2)C1. The third-order valence-electron chi connectivity index (χ3n) is 3.02. The van der Waals surface area contributed by atoms with Crippen molar-refractivity contribution in [1.29, 1.82) is 0 Å². The molecule has 1 aliphatic rings. The molecule has 0 aliphatic carbocycles. The number of hydrogen-bond acceptors (Lipinski definition) is 4. The smallest absolute Gasteiger partial charge is 0.245 e. The number of halogens is 1. The molecule has 3 heterocycles. The van der Waals surface area contributed by atoms with Crippen molar-refractivity contribution in [3.63, 3.8) is 0 Å². The number of nitrogens with zero attached hydrogens (tertiary/aromatic N) is 4. The number of rotatable bonds is 1. The van der Waals surface area contributed by atoms with E-state index >= 15 is 0 Å². The van der Waals surface area contributed by atoms with E-state index < -0.39 is 0 Å². The number of nitrogens with two attached hydrogens (primary N) is 1. The molecule has 17 heavy (non-hydrogen) atoms. The van der Waals surface area contributed by atoms with Crippen LogP contribution in [0.25, 0.3) is 5.65 Å². The Bertz CT molecular complexity index is 538. The molecule has 2 aromatic rings. The highest BCUT2D eigenvalue weighted by Crippen LogP contribution is 2.18. The van der Waals surface area contributed by atoms with E-state index in [2.05, 4.69) is 30.9 Å². The van der Waals surface area contributed by atoms with Crippen molar-refractivity contribution < 1.29 is 0 Å². The van der Waals surface area contributed by atoms with Gasteiger partial charge in [-0.15, -0.1) is 5.10 Å². The second-order valence-electron chi connectivity index (χ2n) is 4.41. The van der Waals surface area contributed by atoms with Gasteiger partial charge in [-0.25, -0.2) is 4.52 Å². The molecule has 3 rings (SSSR count). The van der Waals surface area contributed by atoms with Gasteiger partial charge in [-0.2, -0.15) is 4.98 Å². The first kappa shape index (κ1) is 11.0. The van der Waals surface area contributed by atoms with E-state index in [1.54, 1.807) is 4.52 Å². The third kappa shape index (κ3) is 2.14. The molecule has 2 aromatic heterocycles. The molecule has 5 nitrogen and oxygen atoms in total. The van der Waals surface area contributed by atoms with E-state index in [4.69, 9.17) is 5.73 Å². The number of piperidine rings is 1. The molecule has 90 valence electrons. The summed E-state index contributed by atoms with van der Waals surface area (Å²) in [6.07, 6.45) is 4.12. The lowest BCUT2D eigenvalue weighted by Crippen LogP contribution is -2.43. The standard InChI is InChI=1S/C11H14BrN5/c12-8-3-4-10-14-11(15-17(10)6-8)16-5-1-2-9(13)7-16/h3-4,6,9H,1-2,5,7,13H2. The van der Waals surface area contributed by atoms with E-state index in [0.29, 0.717) is 0 Å². The van der Waals surface area contributed by atoms with E-state index in [1.807, 2.05) is 18.3 Å². The maximum Gasteiger partial charge on any atom is 0.245 e. The predicted octanol–water partition coefficient (Wildman–Crippen LogP) is 1.42. The summed E-state index contributed by atoms with van der Waals surface area (Å²) < 4.78 is 2.79. The second kappa shape index (κ2) is 4.27. The Labute approximate surface area is 108 Å². The van der Waals surface area contributed by atoms with Crippen molar-refractivity contribution in [3.05, 3.63) is 22.8 Å². The van der Waals surface area contributed by atoms with Gasteiger partial charge in [-0.05, 0) is 40.9 Å². The van der Waals surface area contributed by atoms with E-state index in [-0.39, 0.29) is 6.04 Å². The Kier molecular flexibility index (Phi) is 2.76. The molecule has 1 fully saturated rings. The summed E-state index contributed by atoms with van der Waals surface area (Å²) >= 11 is 3.43. The number of pyridine rings is 1. The van der Waals surface area contributed by atoms with Crippen molar-refractivity contribution in [2.45, 2.75) is 18.9 Å². The fourth-order valence-electron chi connectivity index (χ4n) is 2.17. The summed E-state index contributed by atoms with van der Waals surface area (Å²) in [4.78, 5) is 6.68. The summed E-state index contributed by atoms with van der Waals surface area (Å²) in [6, 6.07) is 4.15. The van der Waals surface area contributed by atoms with Gasteiger partial charge in [0.25, 0.3) is 0 Å². The average molecular weight is 296 g/mol. The molecule has 1 atom stereocenters. The van der Waals surface area contributed by atoms with Crippen LogP contribution in [-0.4, -0.2) is 33.7 Å². The summed E-state index contributed by atoms with van der Waals surface area (Å²) in [7, 11) is 0. The van der Waals surface area contributed by atoms with Gasteiger partial charge < -0.3 is 10.6 Å². The van der Waals surface area contributed by atoms with Gasteiger partial charge in [0.2, 0.25) is 5.95 Å². The Balaban J connectivity index is 1.94. The van der Waals surface area contributed by atoms with Gasteiger partial charge in [0.05, 0.1) is 0 Å². The molecule has 0 bridgehead atoms. The van der Waals surface area contributed by atoms with E-state index in [1.165, 1.54) is 0 Å². The van der Waals surface area contributed by atoms with Crippen LogP contribution in [-0.2, 0) is 0 Å². The van der Waals surface area contributed by atoms with E-state index in [9.17, 15) is 0 Å².